The minimum atomic E-state index is 0.00774. The van der Waals surface area contributed by atoms with Gasteiger partial charge in [-0.2, -0.15) is 0 Å². The van der Waals surface area contributed by atoms with E-state index >= 15 is 0 Å². The van der Waals surface area contributed by atoms with Gasteiger partial charge in [0.05, 0.1) is 0 Å². The molecule has 0 amide bonds. The number of aromatic nitrogens is 3. The molecule has 0 spiro atoms. The van der Waals surface area contributed by atoms with Crippen molar-refractivity contribution in [3.05, 3.63) is 163 Å². The SMILES string of the molecule is CC1(C)c2ccccc2-c2cc(-c3ccc(-c4ccccc4-c4nc(-c5ccccc5)nc(-c5ccccc5)n4)cc3)ccc21. The minimum Gasteiger partial charge on any atom is -0.208 e. The summed E-state index contributed by atoms with van der Waals surface area (Å²) >= 11 is 0. The molecule has 3 nitrogen and oxygen atoms in total. The summed E-state index contributed by atoms with van der Waals surface area (Å²) in [5.74, 6) is 1.97. The first kappa shape index (κ1) is 26.9. The van der Waals surface area contributed by atoms with E-state index in [1.807, 2.05) is 66.7 Å². The van der Waals surface area contributed by atoms with Crippen molar-refractivity contribution in [3.63, 3.8) is 0 Å². The Bertz CT molecular complexity index is 2110. The molecule has 0 unspecified atom stereocenters. The molecule has 0 N–H and O–H groups in total. The molecule has 1 aliphatic rings. The molecule has 0 radical (unpaired) electrons. The zero-order chi connectivity index (χ0) is 30.4. The lowest BCUT2D eigenvalue weighted by Gasteiger charge is -2.21. The van der Waals surface area contributed by atoms with Gasteiger partial charge in [0.15, 0.2) is 17.5 Å². The molecule has 0 saturated carbocycles. The van der Waals surface area contributed by atoms with Gasteiger partial charge in [-0.15, -0.1) is 0 Å². The summed E-state index contributed by atoms with van der Waals surface area (Å²) in [5, 5.41) is 0. The molecular weight excluding hydrogens is 546 g/mol. The van der Waals surface area contributed by atoms with E-state index in [0.717, 1.165) is 27.8 Å². The lowest BCUT2D eigenvalue weighted by atomic mass is 9.82. The first-order chi connectivity index (χ1) is 22.1. The van der Waals surface area contributed by atoms with E-state index in [1.54, 1.807) is 0 Å². The van der Waals surface area contributed by atoms with E-state index in [4.69, 9.17) is 15.0 Å². The van der Waals surface area contributed by atoms with Crippen molar-refractivity contribution >= 4 is 0 Å². The molecule has 0 atom stereocenters. The van der Waals surface area contributed by atoms with E-state index in [2.05, 4.69) is 98.8 Å². The van der Waals surface area contributed by atoms with Crippen molar-refractivity contribution in [3.8, 4) is 67.5 Å². The number of nitrogens with zero attached hydrogens (tertiary/aromatic N) is 3. The van der Waals surface area contributed by atoms with Crippen LogP contribution >= 0.6 is 0 Å². The normalized spacial score (nSPS) is 12.8. The maximum absolute atomic E-state index is 4.99. The Morgan fingerprint density at radius 3 is 1.44 bits per heavy atom. The van der Waals surface area contributed by atoms with Crippen molar-refractivity contribution in [2.24, 2.45) is 0 Å². The van der Waals surface area contributed by atoms with Gasteiger partial charge in [-0.1, -0.05) is 159 Å². The Morgan fingerprint density at radius 2 is 0.800 bits per heavy atom. The highest BCUT2D eigenvalue weighted by Gasteiger charge is 2.35. The van der Waals surface area contributed by atoms with Crippen LogP contribution in [0.3, 0.4) is 0 Å². The van der Waals surface area contributed by atoms with Gasteiger partial charge in [0.1, 0.15) is 0 Å². The van der Waals surface area contributed by atoms with E-state index < -0.39 is 0 Å². The fourth-order valence-corrected chi connectivity index (χ4v) is 6.60. The van der Waals surface area contributed by atoms with Gasteiger partial charge in [-0.3, -0.25) is 0 Å². The summed E-state index contributed by atoms with van der Waals surface area (Å²) < 4.78 is 0. The van der Waals surface area contributed by atoms with Gasteiger partial charge >= 0.3 is 0 Å². The van der Waals surface area contributed by atoms with Crippen LogP contribution in [-0.2, 0) is 5.41 Å². The lowest BCUT2D eigenvalue weighted by Crippen LogP contribution is -2.14. The molecule has 8 rings (SSSR count). The highest BCUT2D eigenvalue weighted by atomic mass is 15.0. The monoisotopic (exact) mass is 577 g/mol. The van der Waals surface area contributed by atoms with Crippen molar-refractivity contribution in [1.29, 1.82) is 0 Å². The molecule has 0 fully saturated rings. The fourth-order valence-electron chi connectivity index (χ4n) is 6.60. The average molecular weight is 578 g/mol. The van der Waals surface area contributed by atoms with Crippen LogP contribution in [0.5, 0.6) is 0 Å². The predicted octanol–water partition coefficient (Wildman–Crippen LogP) is 10.5. The van der Waals surface area contributed by atoms with E-state index in [9.17, 15) is 0 Å². The molecule has 45 heavy (non-hydrogen) atoms. The highest BCUT2D eigenvalue weighted by molar-refractivity contribution is 5.86. The second-order valence-corrected chi connectivity index (χ2v) is 12.1. The number of benzene rings is 6. The highest BCUT2D eigenvalue weighted by Crippen LogP contribution is 2.49. The third kappa shape index (κ3) is 4.74. The van der Waals surface area contributed by atoms with Gasteiger partial charge in [-0.25, -0.2) is 15.0 Å². The predicted molar refractivity (Wildman–Crippen MR) is 185 cm³/mol. The topological polar surface area (TPSA) is 38.7 Å². The Kier molecular flexibility index (Phi) is 6.46. The van der Waals surface area contributed by atoms with Gasteiger partial charge in [0, 0.05) is 22.1 Å². The molecule has 214 valence electrons. The molecule has 0 aliphatic heterocycles. The third-order valence-electron chi connectivity index (χ3n) is 8.98. The van der Waals surface area contributed by atoms with Crippen molar-refractivity contribution in [2.45, 2.75) is 19.3 Å². The van der Waals surface area contributed by atoms with Crippen molar-refractivity contribution in [2.75, 3.05) is 0 Å². The smallest absolute Gasteiger partial charge is 0.164 e. The molecule has 6 aromatic carbocycles. The number of hydrogen-bond donors (Lipinski definition) is 0. The molecule has 1 aliphatic carbocycles. The maximum atomic E-state index is 4.99. The van der Waals surface area contributed by atoms with Gasteiger partial charge in [0.25, 0.3) is 0 Å². The first-order valence-electron chi connectivity index (χ1n) is 15.4. The van der Waals surface area contributed by atoms with Gasteiger partial charge in [0.2, 0.25) is 0 Å². The molecule has 0 bridgehead atoms. The van der Waals surface area contributed by atoms with Crippen LogP contribution in [0, 0.1) is 0 Å². The number of hydrogen-bond acceptors (Lipinski definition) is 3. The average Bonchev–Trinajstić information content (AvgIpc) is 3.34. The van der Waals surface area contributed by atoms with Crippen molar-refractivity contribution < 1.29 is 0 Å². The Balaban J connectivity index is 1.19. The van der Waals surface area contributed by atoms with Gasteiger partial charge in [-0.05, 0) is 50.6 Å². The van der Waals surface area contributed by atoms with E-state index in [1.165, 1.54) is 33.4 Å². The maximum Gasteiger partial charge on any atom is 0.164 e. The van der Waals surface area contributed by atoms with Crippen LogP contribution in [0.15, 0.2) is 152 Å². The Hall–Kier alpha value is -5.67. The molecule has 3 heteroatoms. The summed E-state index contributed by atoms with van der Waals surface area (Å²) in [4.78, 5) is 14.9. The summed E-state index contributed by atoms with van der Waals surface area (Å²) in [6.45, 7) is 4.64. The van der Waals surface area contributed by atoms with Crippen LogP contribution in [0.25, 0.3) is 67.5 Å². The van der Waals surface area contributed by atoms with Crippen LogP contribution in [0.4, 0.5) is 0 Å². The molecule has 1 aromatic heterocycles. The van der Waals surface area contributed by atoms with Crippen LogP contribution < -0.4 is 0 Å². The van der Waals surface area contributed by atoms with Crippen LogP contribution in [0.1, 0.15) is 25.0 Å². The quantitative estimate of drug-likeness (QED) is 0.204. The summed E-state index contributed by atoms with van der Waals surface area (Å²) in [7, 11) is 0. The van der Waals surface area contributed by atoms with E-state index in [-0.39, 0.29) is 5.41 Å². The molecule has 0 saturated heterocycles. The first-order valence-corrected chi connectivity index (χ1v) is 15.4. The van der Waals surface area contributed by atoms with Crippen LogP contribution in [0.2, 0.25) is 0 Å². The van der Waals surface area contributed by atoms with Gasteiger partial charge < -0.3 is 0 Å². The molecule has 1 heterocycles. The molecule has 7 aromatic rings. The largest absolute Gasteiger partial charge is 0.208 e. The lowest BCUT2D eigenvalue weighted by molar-refractivity contribution is 0.660. The Labute approximate surface area is 264 Å². The fraction of sp³-hybridized carbons (Fsp3) is 0.0714. The van der Waals surface area contributed by atoms with E-state index in [0.29, 0.717) is 17.5 Å². The number of fused-ring (bicyclic) bond motifs is 3. The second kappa shape index (κ2) is 10.8. The zero-order valence-corrected chi connectivity index (χ0v) is 25.3. The van der Waals surface area contributed by atoms with Crippen molar-refractivity contribution in [1.82, 2.24) is 15.0 Å². The van der Waals surface area contributed by atoms with Crippen LogP contribution in [-0.4, -0.2) is 15.0 Å². The minimum absolute atomic E-state index is 0.00774. The zero-order valence-electron chi connectivity index (χ0n) is 25.3. The summed E-state index contributed by atoms with van der Waals surface area (Å²) in [6, 6.07) is 53.1. The standard InChI is InChI=1S/C42H31N3/c1-42(2)37-20-12-11-18-34(37)36-27-32(25-26-38(36)42)28-21-23-29(24-22-28)33-17-9-10-19-35(33)41-44-39(30-13-5-3-6-14-30)43-40(45-41)31-15-7-4-8-16-31/h3-27H,1-2H3. The third-order valence-corrected chi connectivity index (χ3v) is 8.98. The molecular formula is C42H31N3. The Morgan fingerprint density at radius 1 is 0.333 bits per heavy atom. The number of rotatable bonds is 5. The summed E-state index contributed by atoms with van der Waals surface area (Å²) in [6.07, 6.45) is 0. The summed E-state index contributed by atoms with van der Waals surface area (Å²) in [5.41, 5.74) is 13.0. The second-order valence-electron chi connectivity index (χ2n) is 12.1.